The van der Waals surface area contributed by atoms with Crippen LogP contribution >= 0.6 is 11.3 Å². The topological polar surface area (TPSA) is 3.24 Å². The first kappa shape index (κ1) is 38.2. The first-order valence-electron chi connectivity index (χ1n) is 22.7. The van der Waals surface area contributed by atoms with Crippen LogP contribution in [0, 0.1) is 0 Å². The Bertz CT molecular complexity index is 3990. The molecule has 2 heteroatoms. The Morgan fingerprint density at radius 2 is 0.788 bits per heavy atom. The van der Waals surface area contributed by atoms with E-state index in [9.17, 15) is 0 Å². The Kier molecular flexibility index (Phi) is 9.11. The van der Waals surface area contributed by atoms with E-state index in [4.69, 9.17) is 0 Å². The van der Waals surface area contributed by atoms with E-state index in [1.165, 1.54) is 108 Å². The van der Waals surface area contributed by atoms with Crippen LogP contribution < -0.4 is 4.90 Å². The fourth-order valence-electron chi connectivity index (χ4n) is 10.4. The highest BCUT2D eigenvalue weighted by atomic mass is 32.1. The number of fused-ring (bicyclic) bond motifs is 8. The van der Waals surface area contributed by atoms with E-state index >= 15 is 0 Å². The summed E-state index contributed by atoms with van der Waals surface area (Å²) in [5.41, 5.74) is 13.1. The second-order valence-electron chi connectivity index (χ2n) is 17.2. The lowest BCUT2D eigenvalue weighted by Gasteiger charge is -2.28. The minimum Gasteiger partial charge on any atom is -0.310 e. The number of hydrogen-bond acceptors (Lipinski definition) is 2. The SMILES string of the molecule is c1ccc(-c2ccc(-c3ccc(N(c4ccc(-c5cc6ccccc6c6ccccc56)c(-c5cccc6sc7ccccc7c56)c4)c4cccc5ccccc45)cc3)c3ccccc23)cc1. The van der Waals surface area contributed by atoms with Crippen LogP contribution in [0.4, 0.5) is 17.1 Å². The second-order valence-corrected chi connectivity index (χ2v) is 18.2. The minimum absolute atomic E-state index is 1.09. The quantitative estimate of drug-likeness (QED) is 0.144. The summed E-state index contributed by atoms with van der Waals surface area (Å²) in [5, 5.41) is 12.5. The Labute approximate surface area is 387 Å². The number of benzene rings is 12. The molecule has 66 heavy (non-hydrogen) atoms. The van der Waals surface area contributed by atoms with E-state index in [2.05, 4.69) is 254 Å². The zero-order valence-electron chi connectivity index (χ0n) is 36.0. The van der Waals surface area contributed by atoms with Crippen molar-refractivity contribution in [2.45, 2.75) is 0 Å². The molecule has 12 aromatic carbocycles. The molecule has 0 aliphatic carbocycles. The van der Waals surface area contributed by atoms with Crippen molar-refractivity contribution in [2.24, 2.45) is 0 Å². The fraction of sp³-hybridized carbons (Fsp3) is 0. The highest BCUT2D eigenvalue weighted by Crippen LogP contribution is 2.48. The van der Waals surface area contributed by atoms with Gasteiger partial charge in [-0.25, -0.2) is 0 Å². The molecule has 0 amide bonds. The molecular weight excluding hydrogens is 815 g/mol. The summed E-state index contributed by atoms with van der Waals surface area (Å²) in [6.07, 6.45) is 0. The Balaban J connectivity index is 1.05. The van der Waals surface area contributed by atoms with Crippen molar-refractivity contribution in [1.82, 2.24) is 0 Å². The third-order valence-corrected chi connectivity index (χ3v) is 14.6. The summed E-state index contributed by atoms with van der Waals surface area (Å²) in [5.74, 6) is 0. The lowest BCUT2D eigenvalue weighted by atomic mass is 9.87. The van der Waals surface area contributed by atoms with Gasteiger partial charge in [-0.3, -0.25) is 0 Å². The first-order chi connectivity index (χ1) is 32.7. The maximum absolute atomic E-state index is 2.46. The molecule has 308 valence electrons. The summed E-state index contributed by atoms with van der Waals surface area (Å²) in [4.78, 5) is 2.46. The molecular formula is C64H41NS. The molecule has 1 aromatic heterocycles. The predicted octanol–water partition coefficient (Wildman–Crippen LogP) is 18.8. The molecule has 0 aliphatic heterocycles. The summed E-state index contributed by atoms with van der Waals surface area (Å²) in [6, 6.07) is 91.7. The Morgan fingerprint density at radius 3 is 1.55 bits per heavy atom. The highest BCUT2D eigenvalue weighted by Gasteiger charge is 2.22. The van der Waals surface area contributed by atoms with E-state index in [0.717, 1.165) is 17.1 Å². The molecule has 0 atom stereocenters. The van der Waals surface area contributed by atoms with Crippen molar-refractivity contribution in [3.05, 3.63) is 249 Å². The largest absolute Gasteiger partial charge is 0.310 e. The standard InChI is InChI=1S/C64H41NS/c1-2-16-42(17-3-1)49-38-39-50(54-25-9-8-24-53(49)54)44-32-34-46(35-33-44)65(61-29-14-20-43-18-4-7-22-51(43)61)47-36-37-56(59-40-45-19-5-6-21-48(45)52-23-10-11-26-55(52)59)60(41-47)57-28-15-31-63-64(57)58-27-12-13-30-62(58)66-63/h1-41H. The molecule has 0 N–H and O–H groups in total. The average Bonchev–Trinajstić information content (AvgIpc) is 3.78. The highest BCUT2D eigenvalue weighted by molar-refractivity contribution is 7.25. The van der Waals surface area contributed by atoms with Crippen LogP contribution in [0.2, 0.25) is 0 Å². The molecule has 0 fully saturated rings. The summed E-state index contributed by atoms with van der Waals surface area (Å²) >= 11 is 1.87. The number of nitrogens with zero attached hydrogens (tertiary/aromatic N) is 1. The van der Waals surface area contributed by atoms with Gasteiger partial charge in [0.1, 0.15) is 0 Å². The molecule has 0 spiro atoms. The third-order valence-electron chi connectivity index (χ3n) is 13.5. The Morgan fingerprint density at radius 1 is 0.258 bits per heavy atom. The van der Waals surface area contributed by atoms with Gasteiger partial charge in [0.05, 0.1) is 5.69 Å². The molecule has 13 aromatic rings. The number of rotatable bonds is 7. The van der Waals surface area contributed by atoms with Crippen LogP contribution in [0.15, 0.2) is 249 Å². The van der Waals surface area contributed by atoms with Crippen molar-refractivity contribution < 1.29 is 0 Å². The summed E-state index contributed by atoms with van der Waals surface area (Å²) in [7, 11) is 0. The van der Waals surface area contributed by atoms with Crippen LogP contribution in [0.3, 0.4) is 0 Å². The van der Waals surface area contributed by atoms with Crippen molar-refractivity contribution in [3.63, 3.8) is 0 Å². The maximum Gasteiger partial charge on any atom is 0.0540 e. The maximum atomic E-state index is 2.46. The minimum atomic E-state index is 1.09. The lowest BCUT2D eigenvalue weighted by molar-refractivity contribution is 1.30. The first-order valence-corrected chi connectivity index (χ1v) is 23.5. The lowest BCUT2D eigenvalue weighted by Crippen LogP contribution is -2.11. The monoisotopic (exact) mass is 855 g/mol. The summed E-state index contributed by atoms with van der Waals surface area (Å²) in [6.45, 7) is 0. The van der Waals surface area contributed by atoms with E-state index in [0.29, 0.717) is 0 Å². The molecule has 0 radical (unpaired) electrons. The van der Waals surface area contributed by atoms with Crippen LogP contribution in [0.25, 0.3) is 108 Å². The smallest absolute Gasteiger partial charge is 0.0540 e. The number of hydrogen-bond donors (Lipinski definition) is 0. The zero-order chi connectivity index (χ0) is 43.6. The molecule has 0 aliphatic rings. The van der Waals surface area contributed by atoms with Gasteiger partial charge >= 0.3 is 0 Å². The van der Waals surface area contributed by atoms with E-state index in [1.54, 1.807) is 0 Å². The third kappa shape index (κ3) is 6.30. The van der Waals surface area contributed by atoms with Gasteiger partial charge in [-0.15, -0.1) is 11.3 Å². The van der Waals surface area contributed by atoms with Crippen LogP contribution in [-0.4, -0.2) is 0 Å². The van der Waals surface area contributed by atoms with Gasteiger partial charge in [-0.1, -0.05) is 200 Å². The van der Waals surface area contributed by atoms with Crippen molar-refractivity contribution in [1.29, 1.82) is 0 Å². The van der Waals surface area contributed by atoms with Gasteiger partial charge in [0.15, 0.2) is 0 Å². The van der Waals surface area contributed by atoms with Crippen LogP contribution in [0.1, 0.15) is 0 Å². The van der Waals surface area contributed by atoms with Gasteiger partial charge in [0.2, 0.25) is 0 Å². The molecule has 0 bridgehead atoms. The van der Waals surface area contributed by atoms with Crippen LogP contribution in [0.5, 0.6) is 0 Å². The van der Waals surface area contributed by atoms with Gasteiger partial charge < -0.3 is 4.90 Å². The van der Waals surface area contributed by atoms with E-state index in [1.807, 2.05) is 11.3 Å². The fourth-order valence-corrected chi connectivity index (χ4v) is 11.6. The molecule has 13 rings (SSSR count). The Hall–Kier alpha value is -8.30. The molecule has 0 saturated heterocycles. The van der Waals surface area contributed by atoms with Gasteiger partial charge in [-0.2, -0.15) is 0 Å². The van der Waals surface area contributed by atoms with Gasteiger partial charge in [0.25, 0.3) is 0 Å². The predicted molar refractivity (Wildman–Crippen MR) is 286 cm³/mol. The number of thiophene rings is 1. The van der Waals surface area contributed by atoms with Gasteiger partial charge in [0, 0.05) is 36.9 Å². The molecule has 0 unspecified atom stereocenters. The van der Waals surface area contributed by atoms with Crippen molar-refractivity contribution in [2.75, 3.05) is 4.90 Å². The normalized spacial score (nSPS) is 11.6. The van der Waals surface area contributed by atoms with E-state index in [-0.39, 0.29) is 0 Å². The van der Waals surface area contributed by atoms with Gasteiger partial charge in [-0.05, 0) is 131 Å². The molecule has 1 nitrogen and oxygen atoms in total. The van der Waals surface area contributed by atoms with E-state index < -0.39 is 0 Å². The van der Waals surface area contributed by atoms with Crippen molar-refractivity contribution >= 4 is 91.7 Å². The zero-order valence-corrected chi connectivity index (χ0v) is 36.8. The second kappa shape index (κ2) is 15.7. The van der Waals surface area contributed by atoms with Crippen molar-refractivity contribution in [3.8, 4) is 44.5 Å². The summed E-state index contributed by atoms with van der Waals surface area (Å²) < 4.78 is 2.59. The average molecular weight is 856 g/mol. The van der Waals surface area contributed by atoms with Crippen LogP contribution in [-0.2, 0) is 0 Å². The molecule has 0 saturated carbocycles. The molecule has 1 heterocycles. The number of anilines is 3.